The molecule has 120 valence electrons. The summed E-state index contributed by atoms with van der Waals surface area (Å²) in [5.74, 6) is 0.278. The van der Waals surface area contributed by atoms with E-state index >= 15 is 0 Å². The molecular formula is C17H24N2O3. The SMILES string of the molecule is CCOc1ccc(NC(=O)C2CC2C(=O)NC(C)CC)cc1. The molecular weight excluding hydrogens is 280 g/mol. The normalized spacial score (nSPS) is 20.9. The van der Waals surface area contributed by atoms with Crippen molar-refractivity contribution in [1.82, 2.24) is 5.32 Å². The molecule has 2 rings (SSSR count). The van der Waals surface area contributed by atoms with Crippen molar-refractivity contribution in [1.29, 1.82) is 0 Å². The number of carbonyl (C=O) groups excluding carboxylic acids is 2. The van der Waals surface area contributed by atoms with Crippen molar-refractivity contribution in [3.63, 3.8) is 0 Å². The zero-order valence-corrected chi connectivity index (χ0v) is 13.4. The first kappa shape index (κ1) is 16.3. The Bertz CT molecular complexity index is 527. The molecule has 5 nitrogen and oxygen atoms in total. The number of hydrogen-bond donors (Lipinski definition) is 2. The van der Waals surface area contributed by atoms with Gasteiger partial charge in [0.1, 0.15) is 5.75 Å². The molecule has 1 fully saturated rings. The van der Waals surface area contributed by atoms with Gasteiger partial charge in [-0.15, -0.1) is 0 Å². The molecule has 1 aliphatic carbocycles. The summed E-state index contributed by atoms with van der Waals surface area (Å²) < 4.78 is 5.36. The predicted octanol–water partition coefficient (Wildman–Crippen LogP) is 2.57. The molecule has 0 spiro atoms. The number of ether oxygens (including phenoxy) is 1. The van der Waals surface area contributed by atoms with Gasteiger partial charge in [0.2, 0.25) is 11.8 Å². The van der Waals surface area contributed by atoms with Crippen LogP contribution in [0.15, 0.2) is 24.3 Å². The minimum absolute atomic E-state index is 0.0128. The summed E-state index contributed by atoms with van der Waals surface area (Å²) in [5, 5.41) is 5.78. The van der Waals surface area contributed by atoms with E-state index in [9.17, 15) is 9.59 Å². The van der Waals surface area contributed by atoms with Crippen molar-refractivity contribution < 1.29 is 14.3 Å². The fourth-order valence-corrected chi connectivity index (χ4v) is 2.26. The Hall–Kier alpha value is -2.04. The molecule has 3 atom stereocenters. The molecule has 0 aromatic heterocycles. The second kappa shape index (κ2) is 7.29. The van der Waals surface area contributed by atoms with Crippen LogP contribution in [-0.2, 0) is 9.59 Å². The Morgan fingerprint density at radius 1 is 1.18 bits per heavy atom. The molecule has 1 aromatic rings. The summed E-state index contributed by atoms with van der Waals surface area (Å²) in [5.41, 5.74) is 0.724. The lowest BCUT2D eigenvalue weighted by molar-refractivity contribution is -0.125. The second-order valence-corrected chi connectivity index (χ2v) is 5.71. The molecule has 1 aliphatic rings. The summed E-state index contributed by atoms with van der Waals surface area (Å²) in [6, 6.07) is 7.40. The van der Waals surface area contributed by atoms with Crippen LogP contribution in [0, 0.1) is 11.8 Å². The standard InChI is InChI=1S/C17H24N2O3/c1-4-11(3)18-16(20)14-10-15(14)17(21)19-12-6-8-13(9-7-12)22-5-2/h6-9,11,14-15H,4-5,10H2,1-3H3,(H,18,20)(H,19,21). The highest BCUT2D eigenvalue weighted by Gasteiger charge is 2.48. The number of carbonyl (C=O) groups is 2. The first-order chi connectivity index (χ1) is 10.5. The van der Waals surface area contributed by atoms with E-state index in [1.165, 1.54) is 0 Å². The van der Waals surface area contributed by atoms with E-state index in [1.807, 2.05) is 32.9 Å². The van der Waals surface area contributed by atoms with E-state index in [2.05, 4.69) is 10.6 Å². The summed E-state index contributed by atoms with van der Waals surface area (Å²) >= 11 is 0. The minimum Gasteiger partial charge on any atom is -0.494 e. The highest BCUT2D eigenvalue weighted by Crippen LogP contribution is 2.39. The maximum Gasteiger partial charge on any atom is 0.228 e. The van der Waals surface area contributed by atoms with Crippen LogP contribution in [0.3, 0.4) is 0 Å². The van der Waals surface area contributed by atoms with Crippen LogP contribution < -0.4 is 15.4 Å². The Morgan fingerprint density at radius 3 is 2.41 bits per heavy atom. The Balaban J connectivity index is 1.82. The molecule has 1 aromatic carbocycles. The quantitative estimate of drug-likeness (QED) is 0.813. The number of nitrogens with one attached hydrogen (secondary N) is 2. The lowest BCUT2D eigenvalue weighted by atomic mass is 10.2. The number of hydrogen-bond acceptors (Lipinski definition) is 3. The van der Waals surface area contributed by atoms with Gasteiger partial charge in [0.15, 0.2) is 0 Å². The molecule has 1 saturated carbocycles. The van der Waals surface area contributed by atoms with Gasteiger partial charge in [-0.25, -0.2) is 0 Å². The van der Waals surface area contributed by atoms with Crippen molar-refractivity contribution >= 4 is 17.5 Å². The average molecular weight is 304 g/mol. The average Bonchev–Trinajstić information content (AvgIpc) is 3.30. The van der Waals surface area contributed by atoms with Gasteiger partial charge in [-0.2, -0.15) is 0 Å². The van der Waals surface area contributed by atoms with Crippen LogP contribution in [0.5, 0.6) is 5.75 Å². The monoisotopic (exact) mass is 304 g/mol. The Morgan fingerprint density at radius 2 is 1.82 bits per heavy atom. The van der Waals surface area contributed by atoms with Crippen molar-refractivity contribution in [2.45, 2.75) is 39.7 Å². The first-order valence-corrected chi connectivity index (χ1v) is 7.89. The third-order valence-corrected chi connectivity index (χ3v) is 3.90. The van der Waals surface area contributed by atoms with Crippen molar-refractivity contribution in [2.24, 2.45) is 11.8 Å². The largest absolute Gasteiger partial charge is 0.494 e. The minimum atomic E-state index is -0.212. The van der Waals surface area contributed by atoms with Gasteiger partial charge in [-0.3, -0.25) is 9.59 Å². The zero-order chi connectivity index (χ0) is 16.1. The van der Waals surface area contributed by atoms with Crippen LogP contribution in [0.1, 0.15) is 33.6 Å². The molecule has 22 heavy (non-hydrogen) atoms. The van der Waals surface area contributed by atoms with Gasteiger partial charge in [0, 0.05) is 11.7 Å². The third kappa shape index (κ3) is 4.23. The fraction of sp³-hybridized carbons (Fsp3) is 0.529. The topological polar surface area (TPSA) is 67.4 Å². The second-order valence-electron chi connectivity index (χ2n) is 5.71. The van der Waals surface area contributed by atoms with Crippen LogP contribution in [-0.4, -0.2) is 24.5 Å². The van der Waals surface area contributed by atoms with Gasteiger partial charge >= 0.3 is 0 Å². The summed E-state index contributed by atoms with van der Waals surface area (Å²) in [4.78, 5) is 24.1. The molecule has 2 amide bonds. The molecule has 2 N–H and O–H groups in total. The molecule has 3 unspecified atom stereocenters. The molecule has 5 heteroatoms. The van der Waals surface area contributed by atoms with E-state index in [0.717, 1.165) is 17.9 Å². The van der Waals surface area contributed by atoms with E-state index in [-0.39, 0.29) is 29.7 Å². The van der Waals surface area contributed by atoms with Gasteiger partial charge < -0.3 is 15.4 Å². The van der Waals surface area contributed by atoms with Crippen LogP contribution in [0.4, 0.5) is 5.69 Å². The molecule has 0 bridgehead atoms. The van der Waals surface area contributed by atoms with E-state index in [1.54, 1.807) is 12.1 Å². The number of rotatable bonds is 7. The number of anilines is 1. The van der Waals surface area contributed by atoms with Crippen molar-refractivity contribution in [2.75, 3.05) is 11.9 Å². The van der Waals surface area contributed by atoms with E-state index < -0.39 is 0 Å². The Kier molecular flexibility index (Phi) is 5.41. The van der Waals surface area contributed by atoms with E-state index in [4.69, 9.17) is 4.74 Å². The lowest BCUT2D eigenvalue weighted by Gasteiger charge is -2.11. The van der Waals surface area contributed by atoms with Crippen LogP contribution in [0.2, 0.25) is 0 Å². The van der Waals surface area contributed by atoms with Crippen molar-refractivity contribution in [3.8, 4) is 5.75 Å². The van der Waals surface area contributed by atoms with Gasteiger partial charge in [-0.05, 0) is 51.0 Å². The highest BCUT2D eigenvalue weighted by atomic mass is 16.5. The smallest absolute Gasteiger partial charge is 0.228 e. The summed E-state index contributed by atoms with van der Waals surface area (Å²) in [6.45, 7) is 6.53. The zero-order valence-electron chi connectivity index (χ0n) is 13.4. The first-order valence-electron chi connectivity index (χ1n) is 7.89. The van der Waals surface area contributed by atoms with Gasteiger partial charge in [0.25, 0.3) is 0 Å². The predicted molar refractivity (Wildman–Crippen MR) is 85.7 cm³/mol. The van der Waals surface area contributed by atoms with Crippen molar-refractivity contribution in [3.05, 3.63) is 24.3 Å². The fourth-order valence-electron chi connectivity index (χ4n) is 2.26. The number of amides is 2. The van der Waals surface area contributed by atoms with Gasteiger partial charge in [0.05, 0.1) is 18.4 Å². The Labute approximate surface area is 131 Å². The van der Waals surface area contributed by atoms with Crippen LogP contribution in [0.25, 0.3) is 0 Å². The summed E-state index contributed by atoms with van der Waals surface area (Å²) in [7, 11) is 0. The molecule has 0 saturated heterocycles. The van der Waals surface area contributed by atoms with Gasteiger partial charge in [-0.1, -0.05) is 6.92 Å². The maximum absolute atomic E-state index is 12.1. The third-order valence-electron chi connectivity index (χ3n) is 3.90. The maximum atomic E-state index is 12.1. The van der Waals surface area contributed by atoms with Crippen LogP contribution >= 0.6 is 0 Å². The lowest BCUT2D eigenvalue weighted by Crippen LogP contribution is -2.34. The molecule has 0 heterocycles. The number of benzene rings is 1. The summed E-state index contributed by atoms with van der Waals surface area (Å²) in [6.07, 6.45) is 1.52. The highest BCUT2D eigenvalue weighted by molar-refractivity contribution is 5.99. The molecule has 0 radical (unpaired) electrons. The molecule has 0 aliphatic heterocycles. The van der Waals surface area contributed by atoms with E-state index in [0.29, 0.717) is 13.0 Å².